The highest BCUT2D eigenvalue weighted by Gasteiger charge is 2.61. The van der Waals surface area contributed by atoms with Crippen LogP contribution in [0.25, 0.3) is 0 Å². The fraction of sp³-hybridized carbons (Fsp3) is 0.652. The Balaban J connectivity index is 1.63. The maximum atomic E-state index is 13.7. The Morgan fingerprint density at radius 2 is 1.79 bits per heavy atom. The highest BCUT2D eigenvalue weighted by molar-refractivity contribution is 7.89. The van der Waals surface area contributed by atoms with E-state index >= 15 is 0 Å². The second-order valence-electron chi connectivity index (χ2n) is 10.6. The van der Waals surface area contributed by atoms with E-state index in [1.54, 1.807) is 20.8 Å². The fourth-order valence-corrected chi connectivity index (χ4v) is 9.37. The summed E-state index contributed by atoms with van der Waals surface area (Å²) in [5, 5.41) is 3.25. The zero-order chi connectivity index (χ0) is 24.4. The maximum Gasteiger partial charge on any atom is 0.245 e. The molecule has 0 radical (unpaired) electrons. The number of nitrogens with two attached hydrogens (primary N) is 1. The second-order valence-corrected chi connectivity index (χ2v) is 13.2. The lowest BCUT2D eigenvalue weighted by atomic mass is 9.46. The predicted molar refractivity (Wildman–Crippen MR) is 127 cm³/mol. The number of rotatable bonds is 7. The smallest absolute Gasteiger partial charge is 0.245 e. The molecule has 0 spiro atoms. The molecular weight excluding hydrogens is 485 g/mol. The van der Waals surface area contributed by atoms with Crippen molar-refractivity contribution in [3.8, 4) is 0 Å². The summed E-state index contributed by atoms with van der Waals surface area (Å²) in [6.45, 7) is 4.92. The van der Waals surface area contributed by atoms with Crippen molar-refractivity contribution in [2.75, 3.05) is 6.54 Å². The molecule has 1 aromatic carbocycles. The number of nitrogens with one attached hydrogen (secondary N) is 1. The van der Waals surface area contributed by atoms with Crippen molar-refractivity contribution < 1.29 is 18.0 Å². The van der Waals surface area contributed by atoms with E-state index in [0.29, 0.717) is 18.3 Å². The molecule has 0 aliphatic heterocycles. The molecule has 3 N–H and O–H groups in total. The number of amides is 2. The summed E-state index contributed by atoms with van der Waals surface area (Å²) in [7, 11) is -4.12. The minimum absolute atomic E-state index is 0.0646. The van der Waals surface area contributed by atoms with Crippen LogP contribution in [0.3, 0.4) is 0 Å². The van der Waals surface area contributed by atoms with E-state index in [4.69, 9.17) is 28.9 Å². The van der Waals surface area contributed by atoms with Crippen LogP contribution in [-0.4, -0.2) is 42.2 Å². The van der Waals surface area contributed by atoms with Gasteiger partial charge in [-0.15, -0.1) is 0 Å². The molecule has 1 aromatic rings. The molecule has 0 heterocycles. The zero-order valence-electron chi connectivity index (χ0n) is 19.2. The molecule has 5 rings (SSSR count). The van der Waals surface area contributed by atoms with Crippen LogP contribution in [0.5, 0.6) is 0 Å². The molecule has 4 fully saturated rings. The van der Waals surface area contributed by atoms with Crippen LogP contribution in [0.2, 0.25) is 10.0 Å². The average Bonchev–Trinajstić information content (AvgIpc) is 2.68. The van der Waals surface area contributed by atoms with Crippen LogP contribution in [0, 0.1) is 17.3 Å². The molecule has 10 heteroatoms. The monoisotopic (exact) mass is 515 g/mol. The van der Waals surface area contributed by atoms with Crippen molar-refractivity contribution in [3.05, 3.63) is 28.2 Å². The highest BCUT2D eigenvalue weighted by Crippen LogP contribution is 2.61. The van der Waals surface area contributed by atoms with Gasteiger partial charge in [0, 0.05) is 12.1 Å². The molecule has 7 nitrogen and oxygen atoms in total. The Hall–Kier alpha value is -1.35. The first-order valence-corrected chi connectivity index (χ1v) is 13.6. The lowest BCUT2D eigenvalue weighted by Crippen LogP contribution is -2.68. The second kappa shape index (κ2) is 8.11. The zero-order valence-corrected chi connectivity index (χ0v) is 21.5. The van der Waals surface area contributed by atoms with Gasteiger partial charge >= 0.3 is 0 Å². The van der Waals surface area contributed by atoms with Crippen molar-refractivity contribution in [1.82, 2.24) is 9.62 Å². The lowest BCUT2D eigenvalue weighted by Gasteiger charge is -2.61. The van der Waals surface area contributed by atoms with Gasteiger partial charge in [-0.3, -0.25) is 9.59 Å². The maximum absolute atomic E-state index is 13.7. The van der Waals surface area contributed by atoms with Crippen molar-refractivity contribution >= 4 is 45.0 Å². The molecule has 182 valence electrons. The standard InChI is InChI=1S/C23H31Cl2N3O4S/c1-4-28(33(31,32)17-7-5-6-16(24)18(17)25)21(2,3)20(30)27-23-11-14-8-15(12-23)10-22(9-14,13-23)19(26)29/h5-7,14-15H,4,8-13H2,1-3H3,(H2,26,29)(H,27,30). The van der Waals surface area contributed by atoms with Gasteiger partial charge in [0.15, 0.2) is 0 Å². The molecule has 33 heavy (non-hydrogen) atoms. The van der Waals surface area contributed by atoms with E-state index < -0.39 is 32.4 Å². The number of halogens is 2. The average molecular weight is 516 g/mol. The van der Waals surface area contributed by atoms with Crippen molar-refractivity contribution in [2.45, 2.75) is 75.3 Å². The third-order valence-electron chi connectivity index (χ3n) is 7.91. The molecule has 2 amide bonds. The Kier molecular flexibility index (Phi) is 6.08. The first kappa shape index (κ1) is 24.8. The number of nitrogens with zero attached hydrogens (tertiary/aromatic N) is 1. The molecular formula is C23H31Cl2N3O4S. The van der Waals surface area contributed by atoms with Gasteiger partial charge in [-0.05, 0) is 76.3 Å². The molecule has 4 bridgehead atoms. The summed E-state index contributed by atoms with van der Waals surface area (Å²) in [6, 6.07) is 4.41. The number of benzene rings is 1. The Morgan fingerprint density at radius 3 is 2.33 bits per heavy atom. The van der Waals surface area contributed by atoms with Gasteiger partial charge < -0.3 is 11.1 Å². The van der Waals surface area contributed by atoms with Crippen LogP contribution >= 0.6 is 23.2 Å². The van der Waals surface area contributed by atoms with E-state index in [2.05, 4.69) is 5.32 Å². The van der Waals surface area contributed by atoms with Crippen molar-refractivity contribution in [1.29, 1.82) is 0 Å². The summed E-state index contributed by atoms with van der Waals surface area (Å²) < 4.78 is 28.2. The van der Waals surface area contributed by atoms with Gasteiger partial charge in [0.25, 0.3) is 0 Å². The van der Waals surface area contributed by atoms with Crippen molar-refractivity contribution in [3.63, 3.8) is 0 Å². The van der Waals surface area contributed by atoms with Crippen LogP contribution < -0.4 is 11.1 Å². The van der Waals surface area contributed by atoms with Crippen LogP contribution in [0.4, 0.5) is 0 Å². The lowest BCUT2D eigenvalue weighted by molar-refractivity contribution is -0.152. The number of hydrogen-bond acceptors (Lipinski definition) is 4. The van der Waals surface area contributed by atoms with E-state index in [1.807, 2.05) is 0 Å². The van der Waals surface area contributed by atoms with Crippen molar-refractivity contribution in [2.24, 2.45) is 23.0 Å². The van der Waals surface area contributed by atoms with Gasteiger partial charge in [-0.1, -0.05) is 36.2 Å². The first-order valence-electron chi connectivity index (χ1n) is 11.4. The molecule has 4 saturated carbocycles. The van der Waals surface area contributed by atoms with E-state index in [9.17, 15) is 18.0 Å². The number of primary amides is 1. The predicted octanol–water partition coefficient (Wildman–Crippen LogP) is 3.72. The summed E-state index contributed by atoms with van der Waals surface area (Å²) in [6.07, 6.45) is 4.71. The van der Waals surface area contributed by atoms with Crippen LogP contribution in [0.15, 0.2) is 23.1 Å². The third-order valence-corrected chi connectivity index (χ3v) is 11.0. The SMILES string of the molecule is CCN(C(C)(C)C(=O)NC12CC3CC(C1)CC(C(N)=O)(C3)C2)S(=O)(=O)c1cccc(Cl)c1Cl. The largest absolute Gasteiger partial charge is 0.369 e. The van der Waals surface area contributed by atoms with Gasteiger partial charge in [0.1, 0.15) is 10.4 Å². The third kappa shape index (κ3) is 3.97. The van der Waals surface area contributed by atoms with Crippen LogP contribution in [-0.2, 0) is 19.6 Å². The van der Waals surface area contributed by atoms with Gasteiger partial charge in [-0.25, -0.2) is 8.42 Å². The Labute approximate surface area is 205 Å². The molecule has 4 aliphatic rings. The number of hydrogen-bond donors (Lipinski definition) is 2. The minimum atomic E-state index is -4.12. The molecule has 0 aromatic heterocycles. The first-order chi connectivity index (χ1) is 15.3. The van der Waals surface area contributed by atoms with Crippen LogP contribution in [0.1, 0.15) is 59.3 Å². The van der Waals surface area contributed by atoms with E-state index in [1.165, 1.54) is 18.2 Å². The molecule has 0 saturated heterocycles. The van der Waals surface area contributed by atoms with Gasteiger partial charge in [-0.2, -0.15) is 4.31 Å². The van der Waals surface area contributed by atoms with E-state index in [0.717, 1.165) is 36.4 Å². The van der Waals surface area contributed by atoms with Gasteiger partial charge in [0.05, 0.1) is 15.5 Å². The summed E-state index contributed by atoms with van der Waals surface area (Å²) >= 11 is 12.3. The highest BCUT2D eigenvalue weighted by atomic mass is 35.5. The number of carbonyl (C=O) groups is 2. The summed E-state index contributed by atoms with van der Waals surface area (Å²) in [4.78, 5) is 25.9. The quantitative estimate of drug-likeness (QED) is 0.576. The Morgan fingerprint density at radius 1 is 1.18 bits per heavy atom. The fourth-order valence-electron chi connectivity index (χ4n) is 6.87. The topological polar surface area (TPSA) is 110 Å². The number of sulfonamides is 1. The Bertz CT molecular complexity index is 1090. The number of likely N-dealkylation sites (N-methyl/N-ethyl adjacent to an activating group) is 1. The molecule has 2 atom stereocenters. The minimum Gasteiger partial charge on any atom is -0.369 e. The summed E-state index contributed by atoms with van der Waals surface area (Å²) in [5.41, 5.74) is 3.31. The molecule has 2 unspecified atom stereocenters. The normalized spacial score (nSPS) is 31.1. The molecule has 4 aliphatic carbocycles. The number of carbonyl (C=O) groups excluding carboxylic acids is 2. The van der Waals surface area contributed by atoms with Gasteiger partial charge in [0.2, 0.25) is 21.8 Å². The van der Waals surface area contributed by atoms with E-state index in [-0.39, 0.29) is 27.4 Å². The summed E-state index contributed by atoms with van der Waals surface area (Å²) in [5.74, 6) is 0.00683.